The van der Waals surface area contributed by atoms with E-state index in [4.69, 9.17) is 9.47 Å². The molecule has 0 radical (unpaired) electrons. The topological polar surface area (TPSA) is 18.5 Å². The van der Waals surface area contributed by atoms with Crippen molar-refractivity contribution in [1.29, 1.82) is 0 Å². The van der Waals surface area contributed by atoms with E-state index in [1.807, 2.05) is 165 Å². The molecule has 8 aliphatic heterocycles. The molecule has 0 atom stereocenters. The van der Waals surface area contributed by atoms with Gasteiger partial charge >= 0.3 is 0 Å². The van der Waals surface area contributed by atoms with E-state index in [9.17, 15) is 0 Å². The quantitative estimate of drug-likeness (QED) is 0.0741. The molecule has 0 amide bonds. The minimum Gasteiger partial charge on any atom is -0.491 e. The third kappa shape index (κ3) is 17.0. The van der Waals surface area contributed by atoms with Gasteiger partial charge in [0.25, 0.3) is 0 Å². The van der Waals surface area contributed by atoms with Gasteiger partial charge in [0.05, 0.1) is 100 Å². The Bertz CT molecular complexity index is 2400. The summed E-state index contributed by atoms with van der Waals surface area (Å²) in [6, 6.07) is 0. The Morgan fingerprint density at radius 3 is 0.767 bits per heavy atom. The molecule has 0 spiro atoms. The molecular weight excluding hydrogens is 1310 g/mol. The highest BCUT2D eigenvalue weighted by Gasteiger charge is 2.40. The largest absolute Gasteiger partial charge is 0.491 e. The van der Waals surface area contributed by atoms with Crippen molar-refractivity contribution < 1.29 is 9.47 Å². The zero-order valence-corrected chi connectivity index (χ0v) is 58.8. The Hall–Kier alpha value is 3.70. The Kier molecular flexibility index (Phi) is 26.9. The number of thiophene rings is 1. The van der Waals surface area contributed by atoms with E-state index in [1.165, 1.54) is 185 Å². The average molecular weight is 1370 g/mol. The number of rotatable bonds is 28. The molecule has 0 aliphatic carbocycles. The van der Waals surface area contributed by atoms with Crippen LogP contribution in [0.4, 0.5) is 0 Å². The monoisotopic (exact) mass is 1360 g/mol. The summed E-state index contributed by atoms with van der Waals surface area (Å²) in [5, 5.41) is 0. The summed E-state index contributed by atoms with van der Waals surface area (Å²) in [4.78, 5) is 2.24. The van der Waals surface area contributed by atoms with Gasteiger partial charge in [-0.25, -0.2) is 0 Å². The fourth-order valence-electron chi connectivity index (χ4n) is 7.31. The number of ether oxygens (including phenoxy) is 2. The lowest BCUT2D eigenvalue weighted by molar-refractivity contribution is 0.357. The van der Waals surface area contributed by atoms with Gasteiger partial charge in [-0.2, -0.15) is 0 Å². The number of unbranched alkanes of at least 4 members (excludes halogenated alkanes) is 12. The summed E-state index contributed by atoms with van der Waals surface area (Å²) in [6.07, 6.45) is 26.0. The summed E-state index contributed by atoms with van der Waals surface area (Å²) in [5.41, 5.74) is 0. The SMILES string of the molecule is CCCCCCSC1=C(SCCCCCC)SC(=C2SC3=C(SC(=Cc4sc(C=C5SC6=C(S5)SC(=C5SC7=C(SC(=C8SC(SCCCCCC)=C(SCCCCCC)S8)S7)S5)S6)c(OC)c4OC)S3)S2)S1. The molecule has 0 bridgehead atoms. The van der Waals surface area contributed by atoms with Crippen molar-refractivity contribution in [3.8, 4) is 11.5 Å². The molecular formula is C50H60O2S21. The van der Waals surface area contributed by atoms with Gasteiger partial charge < -0.3 is 9.47 Å². The minimum atomic E-state index is 0.831. The van der Waals surface area contributed by atoms with Crippen molar-refractivity contribution in [1.82, 2.24) is 0 Å². The van der Waals surface area contributed by atoms with E-state index in [2.05, 4.69) is 110 Å². The number of thioether (sulfide) groups is 20. The third-order valence-electron chi connectivity index (χ3n) is 11.0. The lowest BCUT2D eigenvalue weighted by atomic mass is 10.2. The van der Waals surface area contributed by atoms with E-state index in [0.29, 0.717) is 0 Å². The van der Waals surface area contributed by atoms with Crippen LogP contribution in [0, 0.1) is 0 Å². The first-order chi connectivity index (χ1) is 35.9. The van der Waals surface area contributed by atoms with Crippen LogP contribution in [0.2, 0.25) is 0 Å². The second-order valence-corrected chi connectivity index (χ2v) is 43.3. The lowest BCUT2D eigenvalue weighted by Gasteiger charge is -2.08. The van der Waals surface area contributed by atoms with Crippen LogP contribution in [0.25, 0.3) is 12.2 Å². The molecule has 73 heavy (non-hydrogen) atoms. The first kappa shape index (κ1) is 61.3. The van der Waals surface area contributed by atoms with Gasteiger partial charge in [-0.05, 0) is 60.8 Å². The molecule has 398 valence electrons. The van der Waals surface area contributed by atoms with Crippen LogP contribution in [-0.4, -0.2) is 37.2 Å². The Morgan fingerprint density at radius 2 is 0.534 bits per heavy atom. The van der Waals surface area contributed by atoms with Crippen molar-refractivity contribution in [2.24, 2.45) is 0 Å². The van der Waals surface area contributed by atoms with Crippen molar-refractivity contribution in [2.45, 2.75) is 130 Å². The second kappa shape index (κ2) is 32.1. The summed E-state index contributed by atoms with van der Waals surface area (Å²) in [6.45, 7) is 9.22. The van der Waals surface area contributed by atoms with Crippen molar-refractivity contribution >= 4 is 259 Å². The molecule has 0 saturated heterocycles. The molecule has 9 heterocycles. The Labute approximate surface area is 526 Å². The first-order valence-corrected chi connectivity index (χ1v) is 42.7. The maximum Gasteiger partial charge on any atom is 0.179 e. The lowest BCUT2D eigenvalue weighted by Crippen LogP contribution is -1.89. The zero-order chi connectivity index (χ0) is 50.5. The highest BCUT2D eigenvalue weighted by molar-refractivity contribution is 8.53. The highest BCUT2D eigenvalue weighted by atomic mass is 32.3. The van der Waals surface area contributed by atoms with Crippen LogP contribution >= 0.6 is 247 Å². The van der Waals surface area contributed by atoms with Gasteiger partial charge in [0.1, 0.15) is 0 Å². The molecule has 0 fully saturated rings. The summed E-state index contributed by atoms with van der Waals surface area (Å²) < 4.78 is 38.5. The summed E-state index contributed by atoms with van der Waals surface area (Å²) in [5.74, 6) is 6.62. The van der Waals surface area contributed by atoms with Crippen molar-refractivity contribution in [3.05, 3.63) is 86.0 Å². The van der Waals surface area contributed by atoms with Crippen LogP contribution in [-0.2, 0) is 0 Å². The predicted octanol–water partition coefficient (Wildman–Crippen LogP) is 26.5. The third-order valence-corrected chi connectivity index (χ3v) is 41.6. The minimum absolute atomic E-state index is 0.831. The predicted molar refractivity (Wildman–Crippen MR) is 377 cm³/mol. The van der Waals surface area contributed by atoms with Gasteiger partial charge in [-0.3, -0.25) is 0 Å². The molecule has 0 saturated carbocycles. The summed E-state index contributed by atoms with van der Waals surface area (Å²) in [7, 11) is 3.55. The number of hydrogen-bond acceptors (Lipinski definition) is 23. The van der Waals surface area contributed by atoms with Crippen LogP contribution < -0.4 is 9.47 Å². The van der Waals surface area contributed by atoms with Gasteiger partial charge in [0.15, 0.2) is 11.5 Å². The Balaban J connectivity index is 0.771. The molecule has 1 aromatic rings. The summed E-state index contributed by atoms with van der Waals surface area (Å²) >= 11 is 42.1. The molecule has 0 N–H and O–H groups in total. The standard InChI is InChI=1S/C50H60O2S21/c1-7-11-15-19-23-53-35-36(54-24-20-16-12-8-2)63-43(62-35)45-66-39-40(67-45)59-31(58-39)27-29-33(51-5)34(52-6)30(57-29)28-32-60-41-42(61-32)69-47(68-41)48-72-49-50(73-48)71-46(70-49)44-64-37(55-25-21-17-13-9-3)38(65-44)56-26-22-18-14-10-4/h27-28H,7-26H2,1-6H3. The van der Waals surface area contributed by atoms with Gasteiger partial charge in [-0.1, -0.05) is 293 Å². The molecule has 8 aliphatic rings. The van der Waals surface area contributed by atoms with E-state index in [0.717, 1.165) is 21.3 Å². The van der Waals surface area contributed by atoms with Crippen LogP contribution in [0.15, 0.2) is 76.3 Å². The average Bonchev–Trinajstić information content (AvgIpc) is 4.25. The molecule has 0 aromatic carbocycles. The van der Waals surface area contributed by atoms with Crippen LogP contribution in [0.5, 0.6) is 11.5 Å². The van der Waals surface area contributed by atoms with Crippen molar-refractivity contribution in [2.75, 3.05) is 37.2 Å². The molecule has 2 nitrogen and oxygen atoms in total. The van der Waals surface area contributed by atoms with Crippen LogP contribution in [0.1, 0.15) is 140 Å². The Morgan fingerprint density at radius 1 is 0.301 bits per heavy atom. The normalized spacial score (nSPS) is 19.9. The number of methoxy groups -OCH3 is 2. The van der Waals surface area contributed by atoms with Gasteiger partial charge in [0, 0.05) is 0 Å². The smallest absolute Gasteiger partial charge is 0.179 e. The van der Waals surface area contributed by atoms with E-state index < -0.39 is 0 Å². The van der Waals surface area contributed by atoms with E-state index in [-0.39, 0.29) is 0 Å². The first-order valence-electron chi connectivity index (χ1n) is 24.9. The molecule has 1 aromatic heterocycles. The molecule has 0 unspecified atom stereocenters. The highest BCUT2D eigenvalue weighted by Crippen LogP contribution is 2.76. The fraction of sp³-hybridized carbons (Fsp3) is 0.520. The van der Waals surface area contributed by atoms with Gasteiger partial charge in [-0.15, -0.1) is 58.4 Å². The molecule has 9 rings (SSSR count). The fourth-order valence-corrected chi connectivity index (χ4v) is 40.4. The van der Waals surface area contributed by atoms with E-state index >= 15 is 0 Å². The van der Waals surface area contributed by atoms with Crippen LogP contribution in [0.3, 0.4) is 0 Å². The van der Waals surface area contributed by atoms with Gasteiger partial charge in [0.2, 0.25) is 0 Å². The van der Waals surface area contributed by atoms with Crippen molar-refractivity contribution in [3.63, 3.8) is 0 Å². The number of hydrogen-bond donors (Lipinski definition) is 0. The maximum absolute atomic E-state index is 6.08. The molecule has 23 heteroatoms. The van der Waals surface area contributed by atoms with E-state index in [1.54, 1.807) is 42.5 Å². The maximum atomic E-state index is 6.08. The zero-order valence-electron chi connectivity index (χ0n) is 41.7. The second-order valence-electron chi connectivity index (χ2n) is 16.7.